The van der Waals surface area contributed by atoms with Crippen LogP contribution in [0.5, 0.6) is 11.6 Å². The van der Waals surface area contributed by atoms with Crippen LogP contribution in [0.1, 0.15) is 20.3 Å². The number of carbonyl (C=O) groups excluding carboxylic acids is 2. The van der Waals surface area contributed by atoms with E-state index in [4.69, 9.17) is 10.5 Å². The molecule has 0 saturated carbocycles. The normalized spacial score (nSPS) is 16.8. The highest BCUT2D eigenvalue weighted by Crippen LogP contribution is 2.29. The van der Waals surface area contributed by atoms with E-state index in [-0.39, 0.29) is 17.5 Å². The minimum atomic E-state index is -4.46. The molecule has 34 heavy (non-hydrogen) atoms. The molecule has 1 aromatic carbocycles. The van der Waals surface area contributed by atoms with Gasteiger partial charge in [0.15, 0.2) is 12.7 Å². The molecular weight excluding hydrogens is 455 g/mol. The maximum absolute atomic E-state index is 12.9. The first kappa shape index (κ1) is 23.3. The van der Waals surface area contributed by atoms with Gasteiger partial charge in [-0.25, -0.2) is 4.98 Å². The fraction of sp³-hybridized carbons (Fsp3) is 0.364. The molecule has 1 atom stereocenters. The Morgan fingerprint density at radius 1 is 1.24 bits per heavy atom. The fourth-order valence-corrected chi connectivity index (χ4v) is 3.44. The first-order chi connectivity index (χ1) is 15.9. The lowest BCUT2D eigenvalue weighted by Crippen LogP contribution is -2.41. The van der Waals surface area contributed by atoms with E-state index in [1.807, 2.05) is 0 Å². The topological polar surface area (TPSA) is 113 Å². The number of nitrogens with zero attached hydrogens (tertiary/aromatic N) is 4. The number of pyridine rings is 1. The monoisotopic (exact) mass is 477 g/mol. The fourth-order valence-electron chi connectivity index (χ4n) is 3.44. The highest BCUT2D eigenvalue weighted by Gasteiger charge is 2.35. The van der Waals surface area contributed by atoms with Gasteiger partial charge in [-0.1, -0.05) is 0 Å². The van der Waals surface area contributed by atoms with Crippen molar-refractivity contribution in [2.75, 3.05) is 18.1 Å². The highest BCUT2D eigenvalue weighted by molar-refractivity contribution is 6.00. The number of fused-ring (bicyclic) bond motifs is 1. The maximum Gasteiger partial charge on any atom is 0.422 e. The van der Waals surface area contributed by atoms with Crippen molar-refractivity contribution in [1.29, 1.82) is 0 Å². The number of nitrogens with two attached hydrogens (primary N) is 1. The van der Waals surface area contributed by atoms with E-state index in [2.05, 4.69) is 14.8 Å². The summed E-state index contributed by atoms with van der Waals surface area (Å²) >= 11 is 0. The van der Waals surface area contributed by atoms with Crippen LogP contribution in [-0.4, -0.2) is 52.0 Å². The van der Waals surface area contributed by atoms with E-state index >= 15 is 0 Å². The number of aromatic nitrogens is 3. The standard InChI is InChI=1S/C22H22F3N5O4/c1-21(2,20(26)32)30-11-13-9-14(3-5-16(13)28-30)29-8-7-17(19(29)31)34-15-4-6-18(27-10-15)33-12-22(23,24)25/h3-6,9-11,17H,7-8,12H2,1-2H3,(H2,26,32)/t17-/m1/s1. The number of carbonyl (C=O) groups is 2. The molecule has 1 saturated heterocycles. The van der Waals surface area contributed by atoms with Crippen molar-refractivity contribution in [3.63, 3.8) is 0 Å². The van der Waals surface area contributed by atoms with Gasteiger partial charge in [-0.2, -0.15) is 18.3 Å². The molecule has 0 radical (unpaired) electrons. The lowest BCUT2D eigenvalue weighted by atomic mass is 10.1. The second-order valence-corrected chi connectivity index (χ2v) is 8.36. The molecule has 2 aromatic heterocycles. The zero-order valence-electron chi connectivity index (χ0n) is 18.4. The molecule has 9 nitrogen and oxygen atoms in total. The summed E-state index contributed by atoms with van der Waals surface area (Å²) in [6.45, 7) is 2.30. The summed E-state index contributed by atoms with van der Waals surface area (Å²) in [4.78, 5) is 30.0. The lowest BCUT2D eigenvalue weighted by molar-refractivity contribution is -0.154. The van der Waals surface area contributed by atoms with E-state index in [0.29, 0.717) is 24.2 Å². The summed E-state index contributed by atoms with van der Waals surface area (Å²) < 4.78 is 48.5. The summed E-state index contributed by atoms with van der Waals surface area (Å²) in [7, 11) is 0. The molecule has 3 heterocycles. The molecule has 4 rings (SSSR count). The van der Waals surface area contributed by atoms with Crippen molar-refractivity contribution < 1.29 is 32.2 Å². The first-order valence-corrected chi connectivity index (χ1v) is 10.4. The Morgan fingerprint density at radius 3 is 2.65 bits per heavy atom. The molecule has 2 amide bonds. The van der Waals surface area contributed by atoms with Gasteiger partial charge in [-0.05, 0) is 38.1 Å². The van der Waals surface area contributed by atoms with E-state index in [9.17, 15) is 22.8 Å². The van der Waals surface area contributed by atoms with Crippen LogP contribution in [-0.2, 0) is 15.1 Å². The Bertz CT molecular complexity index is 1220. The van der Waals surface area contributed by atoms with Gasteiger partial charge in [0.25, 0.3) is 5.91 Å². The number of ether oxygens (including phenoxy) is 2. The Balaban J connectivity index is 1.44. The van der Waals surface area contributed by atoms with Gasteiger partial charge in [0.2, 0.25) is 11.8 Å². The maximum atomic E-state index is 12.9. The van der Waals surface area contributed by atoms with Crippen molar-refractivity contribution in [3.8, 4) is 11.6 Å². The molecule has 180 valence electrons. The van der Waals surface area contributed by atoms with Crippen molar-refractivity contribution in [2.24, 2.45) is 5.73 Å². The molecule has 2 N–H and O–H groups in total. The summed E-state index contributed by atoms with van der Waals surface area (Å²) in [6.07, 6.45) is -1.90. The van der Waals surface area contributed by atoms with E-state index in [0.717, 1.165) is 5.39 Å². The molecule has 0 aliphatic carbocycles. The number of anilines is 1. The quantitative estimate of drug-likeness (QED) is 0.560. The second-order valence-electron chi connectivity index (χ2n) is 8.36. The molecular formula is C22H22F3N5O4. The van der Waals surface area contributed by atoms with Crippen LogP contribution in [0.25, 0.3) is 10.9 Å². The molecule has 1 fully saturated rings. The van der Waals surface area contributed by atoms with Crippen molar-refractivity contribution >= 4 is 28.4 Å². The number of alkyl halides is 3. The van der Waals surface area contributed by atoms with Crippen LogP contribution in [0.4, 0.5) is 18.9 Å². The summed E-state index contributed by atoms with van der Waals surface area (Å²) in [5.74, 6) is -0.742. The van der Waals surface area contributed by atoms with Gasteiger partial charge in [-0.3, -0.25) is 14.3 Å². The number of hydrogen-bond acceptors (Lipinski definition) is 6. The van der Waals surface area contributed by atoms with Gasteiger partial charge in [0.05, 0.1) is 11.7 Å². The number of rotatable bonds is 7. The third-order valence-corrected chi connectivity index (χ3v) is 5.50. The average molecular weight is 477 g/mol. The molecule has 1 aliphatic heterocycles. The third-order valence-electron chi connectivity index (χ3n) is 5.50. The summed E-state index contributed by atoms with van der Waals surface area (Å²) in [5, 5.41) is 5.14. The number of amides is 2. The predicted octanol–water partition coefficient (Wildman–Crippen LogP) is 2.78. The van der Waals surface area contributed by atoms with Crippen LogP contribution < -0.4 is 20.1 Å². The molecule has 12 heteroatoms. The molecule has 0 unspecified atom stereocenters. The SMILES string of the molecule is CC(C)(C(N)=O)n1cc2cc(N3CC[C@@H](Oc4ccc(OCC(F)(F)F)nc4)C3=O)ccc2n1. The predicted molar refractivity (Wildman–Crippen MR) is 115 cm³/mol. The van der Waals surface area contributed by atoms with Gasteiger partial charge < -0.3 is 20.1 Å². The Labute approximate surface area is 192 Å². The lowest BCUT2D eigenvalue weighted by Gasteiger charge is -2.20. The average Bonchev–Trinajstić information content (AvgIpc) is 3.36. The molecule has 1 aliphatic rings. The second kappa shape index (κ2) is 8.50. The number of halogens is 3. The zero-order valence-corrected chi connectivity index (χ0v) is 18.4. The van der Waals surface area contributed by atoms with Crippen LogP contribution >= 0.6 is 0 Å². The summed E-state index contributed by atoms with van der Waals surface area (Å²) in [6, 6.07) is 7.95. The largest absolute Gasteiger partial charge is 0.479 e. The van der Waals surface area contributed by atoms with Crippen molar-refractivity contribution in [1.82, 2.24) is 14.8 Å². The van der Waals surface area contributed by atoms with E-state index < -0.39 is 30.3 Å². The minimum absolute atomic E-state index is 0.197. The zero-order chi connectivity index (χ0) is 24.7. The van der Waals surface area contributed by atoms with Gasteiger partial charge in [0, 0.05) is 36.3 Å². The van der Waals surface area contributed by atoms with Crippen molar-refractivity contribution in [2.45, 2.75) is 38.1 Å². The Hall–Kier alpha value is -3.83. The van der Waals surface area contributed by atoms with E-state index in [1.54, 1.807) is 43.1 Å². The van der Waals surface area contributed by atoms with Crippen LogP contribution in [0.15, 0.2) is 42.7 Å². The molecule has 3 aromatic rings. The van der Waals surface area contributed by atoms with E-state index in [1.165, 1.54) is 23.0 Å². The van der Waals surface area contributed by atoms with Crippen LogP contribution in [0, 0.1) is 0 Å². The first-order valence-electron chi connectivity index (χ1n) is 10.4. The molecule has 0 spiro atoms. The number of primary amides is 1. The highest BCUT2D eigenvalue weighted by atomic mass is 19.4. The summed E-state index contributed by atoms with van der Waals surface area (Å²) in [5.41, 5.74) is 5.75. The van der Waals surface area contributed by atoms with Crippen LogP contribution in [0.2, 0.25) is 0 Å². The Kier molecular flexibility index (Phi) is 5.84. The molecule has 0 bridgehead atoms. The van der Waals surface area contributed by atoms with Crippen LogP contribution in [0.3, 0.4) is 0 Å². The van der Waals surface area contributed by atoms with Crippen molar-refractivity contribution in [3.05, 3.63) is 42.7 Å². The van der Waals surface area contributed by atoms with Gasteiger partial charge in [-0.15, -0.1) is 0 Å². The number of benzene rings is 1. The smallest absolute Gasteiger partial charge is 0.422 e. The number of hydrogen-bond donors (Lipinski definition) is 1. The minimum Gasteiger partial charge on any atom is -0.479 e. The van der Waals surface area contributed by atoms with Gasteiger partial charge in [0.1, 0.15) is 11.3 Å². The van der Waals surface area contributed by atoms with Gasteiger partial charge >= 0.3 is 6.18 Å². The Morgan fingerprint density at radius 2 is 2.00 bits per heavy atom. The third kappa shape index (κ3) is 4.75.